The molecule has 0 amide bonds. The lowest BCUT2D eigenvalue weighted by atomic mass is 9.91. The Morgan fingerprint density at radius 2 is 1.00 bits per heavy atom. The highest BCUT2D eigenvalue weighted by Gasteiger charge is 2.27. The van der Waals surface area contributed by atoms with E-state index in [4.69, 9.17) is 4.74 Å². The topological polar surface area (TPSA) is 26.3 Å². The van der Waals surface area contributed by atoms with E-state index in [1.54, 1.807) is 0 Å². The van der Waals surface area contributed by atoms with E-state index in [1.165, 1.54) is 77.0 Å². The first kappa shape index (κ1) is 25.5. The SMILES string of the molecule is CCCCCCCCCCC(C)(CCCCCC)OC(=O)CCCCC. The van der Waals surface area contributed by atoms with Gasteiger partial charge in [0.15, 0.2) is 0 Å². The maximum absolute atomic E-state index is 12.2. The summed E-state index contributed by atoms with van der Waals surface area (Å²) < 4.78 is 5.99. The van der Waals surface area contributed by atoms with E-state index in [0.717, 1.165) is 32.1 Å². The largest absolute Gasteiger partial charge is 0.459 e. The molecule has 0 aromatic heterocycles. The van der Waals surface area contributed by atoms with Crippen LogP contribution in [0.2, 0.25) is 0 Å². The van der Waals surface area contributed by atoms with Gasteiger partial charge < -0.3 is 4.74 Å². The smallest absolute Gasteiger partial charge is 0.306 e. The minimum absolute atomic E-state index is 0.0241. The fourth-order valence-electron chi connectivity index (χ4n) is 3.63. The number of esters is 1. The average molecular weight is 369 g/mol. The molecule has 0 heterocycles. The molecule has 0 saturated heterocycles. The molecule has 26 heavy (non-hydrogen) atoms. The Morgan fingerprint density at radius 1 is 0.615 bits per heavy atom. The molecule has 0 aromatic carbocycles. The highest BCUT2D eigenvalue weighted by atomic mass is 16.6. The number of unbranched alkanes of at least 4 members (excludes halogenated alkanes) is 12. The summed E-state index contributed by atoms with van der Waals surface area (Å²) in [6.07, 6.45) is 21.5. The molecule has 0 spiro atoms. The van der Waals surface area contributed by atoms with Crippen molar-refractivity contribution in [3.8, 4) is 0 Å². The van der Waals surface area contributed by atoms with Crippen LogP contribution in [0, 0.1) is 0 Å². The van der Waals surface area contributed by atoms with E-state index in [0.29, 0.717) is 6.42 Å². The van der Waals surface area contributed by atoms with E-state index >= 15 is 0 Å². The summed E-state index contributed by atoms with van der Waals surface area (Å²) in [5, 5.41) is 0. The summed E-state index contributed by atoms with van der Waals surface area (Å²) in [5.74, 6) is 0.0241. The highest BCUT2D eigenvalue weighted by Crippen LogP contribution is 2.27. The van der Waals surface area contributed by atoms with Gasteiger partial charge in [0.1, 0.15) is 5.60 Å². The van der Waals surface area contributed by atoms with E-state index in [-0.39, 0.29) is 11.6 Å². The van der Waals surface area contributed by atoms with Crippen molar-refractivity contribution in [3.05, 3.63) is 0 Å². The second-order valence-electron chi connectivity index (χ2n) is 8.42. The van der Waals surface area contributed by atoms with Crippen molar-refractivity contribution in [3.63, 3.8) is 0 Å². The lowest BCUT2D eigenvalue weighted by Gasteiger charge is -2.30. The Bertz CT molecular complexity index is 313. The van der Waals surface area contributed by atoms with Crippen molar-refractivity contribution in [1.82, 2.24) is 0 Å². The zero-order chi connectivity index (χ0) is 19.5. The number of carbonyl (C=O) groups is 1. The Hall–Kier alpha value is -0.530. The number of rotatable bonds is 19. The Balaban J connectivity index is 4.15. The third-order valence-corrected chi connectivity index (χ3v) is 5.46. The van der Waals surface area contributed by atoms with Crippen molar-refractivity contribution >= 4 is 5.97 Å². The van der Waals surface area contributed by atoms with Crippen LogP contribution >= 0.6 is 0 Å². The van der Waals surface area contributed by atoms with Crippen LogP contribution < -0.4 is 0 Å². The van der Waals surface area contributed by atoms with Crippen molar-refractivity contribution in [2.75, 3.05) is 0 Å². The van der Waals surface area contributed by atoms with Crippen molar-refractivity contribution in [2.24, 2.45) is 0 Å². The molecule has 0 aliphatic heterocycles. The minimum atomic E-state index is -0.237. The third kappa shape index (κ3) is 15.7. The van der Waals surface area contributed by atoms with E-state index < -0.39 is 0 Å². The maximum Gasteiger partial charge on any atom is 0.306 e. The molecule has 0 bridgehead atoms. The molecule has 0 rings (SSSR count). The van der Waals surface area contributed by atoms with Crippen LogP contribution in [0.3, 0.4) is 0 Å². The van der Waals surface area contributed by atoms with Crippen molar-refractivity contribution in [2.45, 2.75) is 149 Å². The number of hydrogen-bond acceptors (Lipinski definition) is 2. The number of hydrogen-bond donors (Lipinski definition) is 0. The van der Waals surface area contributed by atoms with Gasteiger partial charge in [-0.3, -0.25) is 4.79 Å². The highest BCUT2D eigenvalue weighted by molar-refractivity contribution is 5.69. The number of ether oxygens (including phenoxy) is 1. The molecule has 0 aliphatic rings. The second kappa shape index (κ2) is 17.9. The van der Waals surface area contributed by atoms with Crippen LogP contribution in [-0.2, 0) is 9.53 Å². The quantitative estimate of drug-likeness (QED) is 0.169. The van der Waals surface area contributed by atoms with Gasteiger partial charge in [-0.05, 0) is 39.0 Å². The number of carbonyl (C=O) groups excluding carboxylic acids is 1. The first-order chi connectivity index (χ1) is 12.6. The fraction of sp³-hybridized carbons (Fsp3) is 0.958. The molecule has 156 valence electrons. The van der Waals surface area contributed by atoms with Crippen LogP contribution in [0.4, 0.5) is 0 Å². The average Bonchev–Trinajstić information content (AvgIpc) is 2.61. The van der Waals surface area contributed by atoms with Gasteiger partial charge in [0.2, 0.25) is 0 Å². The standard InChI is InChI=1S/C24H48O2/c1-5-8-11-13-14-15-16-19-22-24(4,21-18-12-9-6-2)26-23(25)20-17-10-7-3/h5-22H2,1-4H3. The van der Waals surface area contributed by atoms with Gasteiger partial charge in [-0.1, -0.05) is 97.8 Å². The Morgan fingerprint density at radius 3 is 1.50 bits per heavy atom. The summed E-state index contributed by atoms with van der Waals surface area (Å²) in [5.41, 5.74) is -0.237. The molecule has 0 saturated carbocycles. The van der Waals surface area contributed by atoms with Gasteiger partial charge in [0.25, 0.3) is 0 Å². The molecule has 0 aliphatic carbocycles. The van der Waals surface area contributed by atoms with E-state index in [2.05, 4.69) is 27.7 Å². The minimum Gasteiger partial charge on any atom is -0.459 e. The molecule has 2 nitrogen and oxygen atoms in total. The molecular formula is C24H48O2. The molecule has 0 fully saturated rings. The lowest BCUT2D eigenvalue weighted by molar-refractivity contribution is -0.160. The molecule has 1 atom stereocenters. The van der Waals surface area contributed by atoms with Gasteiger partial charge in [-0.25, -0.2) is 0 Å². The molecule has 0 aromatic rings. The third-order valence-electron chi connectivity index (χ3n) is 5.46. The first-order valence-corrected chi connectivity index (χ1v) is 11.8. The summed E-state index contributed by atoms with van der Waals surface area (Å²) in [7, 11) is 0. The molecular weight excluding hydrogens is 320 g/mol. The predicted molar refractivity (Wildman–Crippen MR) is 115 cm³/mol. The lowest BCUT2D eigenvalue weighted by Crippen LogP contribution is -2.32. The van der Waals surface area contributed by atoms with Crippen LogP contribution in [0.15, 0.2) is 0 Å². The van der Waals surface area contributed by atoms with Crippen LogP contribution in [0.5, 0.6) is 0 Å². The van der Waals surface area contributed by atoms with Crippen molar-refractivity contribution < 1.29 is 9.53 Å². The normalized spacial score (nSPS) is 13.5. The van der Waals surface area contributed by atoms with Gasteiger partial charge in [-0.2, -0.15) is 0 Å². The second-order valence-corrected chi connectivity index (χ2v) is 8.42. The molecule has 2 heteroatoms. The zero-order valence-electron chi connectivity index (χ0n) is 18.5. The summed E-state index contributed by atoms with van der Waals surface area (Å²) >= 11 is 0. The summed E-state index contributed by atoms with van der Waals surface area (Å²) in [6, 6.07) is 0. The Labute approximate surface area is 164 Å². The van der Waals surface area contributed by atoms with Crippen LogP contribution in [-0.4, -0.2) is 11.6 Å². The van der Waals surface area contributed by atoms with Crippen molar-refractivity contribution in [1.29, 1.82) is 0 Å². The van der Waals surface area contributed by atoms with Gasteiger partial charge in [-0.15, -0.1) is 0 Å². The maximum atomic E-state index is 12.2. The molecule has 0 radical (unpaired) electrons. The van der Waals surface area contributed by atoms with Gasteiger partial charge in [0, 0.05) is 6.42 Å². The first-order valence-electron chi connectivity index (χ1n) is 11.8. The molecule has 0 N–H and O–H groups in total. The van der Waals surface area contributed by atoms with Crippen LogP contribution in [0.1, 0.15) is 143 Å². The van der Waals surface area contributed by atoms with E-state index in [1.807, 2.05) is 0 Å². The predicted octanol–water partition coefficient (Wildman–Crippen LogP) is 8.37. The van der Waals surface area contributed by atoms with Crippen LogP contribution in [0.25, 0.3) is 0 Å². The Kier molecular flexibility index (Phi) is 17.5. The van der Waals surface area contributed by atoms with Gasteiger partial charge >= 0.3 is 5.97 Å². The zero-order valence-corrected chi connectivity index (χ0v) is 18.5. The molecule has 1 unspecified atom stereocenters. The van der Waals surface area contributed by atoms with Gasteiger partial charge in [0.05, 0.1) is 0 Å². The monoisotopic (exact) mass is 368 g/mol. The van der Waals surface area contributed by atoms with E-state index in [9.17, 15) is 4.79 Å². The fourth-order valence-corrected chi connectivity index (χ4v) is 3.63. The summed E-state index contributed by atoms with van der Waals surface area (Å²) in [6.45, 7) is 8.86. The summed E-state index contributed by atoms with van der Waals surface area (Å²) in [4.78, 5) is 12.2.